The van der Waals surface area contributed by atoms with Crippen molar-refractivity contribution in [3.05, 3.63) is 81.0 Å². The van der Waals surface area contributed by atoms with Gasteiger partial charge in [-0.2, -0.15) is 0 Å². The molecule has 2 N–H and O–H groups in total. The van der Waals surface area contributed by atoms with Gasteiger partial charge in [-0.15, -0.1) is 11.3 Å². The maximum absolute atomic E-state index is 13.6. The molecule has 1 unspecified atom stereocenters. The fraction of sp³-hybridized carbons (Fsp3) is 0.269. The van der Waals surface area contributed by atoms with Gasteiger partial charge in [0.2, 0.25) is 5.78 Å². The number of nitrogens with zero attached hydrogens (tertiary/aromatic N) is 3. The van der Waals surface area contributed by atoms with Crippen LogP contribution in [0, 0.1) is 13.8 Å². The van der Waals surface area contributed by atoms with Crippen molar-refractivity contribution in [1.82, 2.24) is 4.98 Å². The van der Waals surface area contributed by atoms with Gasteiger partial charge in [-0.3, -0.25) is 14.5 Å². The maximum atomic E-state index is 13.6. The standard InChI is InChI=1S/C26H25N3O4S/c1-15-25(34-16(2)27-15)23(31)21-22(17-6-5-7-20(30)14-17)29(26(33)24(21)32)19-10-8-18(9-11-19)28-12-3-4-13-28/h5-11,14,22,30,32H,3-4,12-13H2,1-2H3. The number of hydrogen-bond acceptors (Lipinski definition) is 7. The summed E-state index contributed by atoms with van der Waals surface area (Å²) >= 11 is 1.24. The summed E-state index contributed by atoms with van der Waals surface area (Å²) in [5, 5.41) is 21.8. The largest absolute Gasteiger partial charge is 0.508 e. The second-order valence-electron chi connectivity index (χ2n) is 8.62. The number of Topliss-reactive ketones (excluding diaryl/α,β-unsaturated/α-hetero) is 1. The molecule has 8 heteroatoms. The molecule has 0 saturated carbocycles. The van der Waals surface area contributed by atoms with E-state index >= 15 is 0 Å². The molecule has 0 spiro atoms. The molecule has 1 amide bonds. The first-order valence-corrected chi connectivity index (χ1v) is 12.1. The molecule has 34 heavy (non-hydrogen) atoms. The Hall–Kier alpha value is -3.65. The summed E-state index contributed by atoms with van der Waals surface area (Å²) in [4.78, 5) is 35.4. The van der Waals surface area contributed by atoms with Crippen LogP contribution in [-0.2, 0) is 4.79 Å². The number of rotatable bonds is 5. The molecule has 1 atom stereocenters. The Kier molecular flexibility index (Phi) is 5.61. The van der Waals surface area contributed by atoms with E-state index in [2.05, 4.69) is 9.88 Å². The lowest BCUT2D eigenvalue weighted by atomic mass is 9.94. The number of hydrogen-bond donors (Lipinski definition) is 2. The number of aryl methyl sites for hydroxylation is 2. The average Bonchev–Trinajstić information content (AvgIpc) is 3.53. The Morgan fingerprint density at radius 3 is 2.32 bits per heavy atom. The number of ketones is 1. The number of benzene rings is 2. The lowest BCUT2D eigenvalue weighted by Crippen LogP contribution is -2.31. The van der Waals surface area contributed by atoms with Gasteiger partial charge in [0.15, 0.2) is 5.76 Å². The lowest BCUT2D eigenvalue weighted by Gasteiger charge is -2.27. The number of aliphatic hydroxyl groups excluding tert-OH is 1. The van der Waals surface area contributed by atoms with Crippen LogP contribution in [0.2, 0.25) is 0 Å². The quantitative estimate of drug-likeness (QED) is 0.513. The van der Waals surface area contributed by atoms with Gasteiger partial charge in [-0.1, -0.05) is 12.1 Å². The normalized spacial score (nSPS) is 18.3. The van der Waals surface area contributed by atoms with Crippen LogP contribution in [0.15, 0.2) is 59.9 Å². The second-order valence-corrected chi connectivity index (χ2v) is 9.83. The van der Waals surface area contributed by atoms with Gasteiger partial charge < -0.3 is 15.1 Å². The number of anilines is 2. The number of aliphatic hydroxyl groups is 1. The molecule has 1 aromatic heterocycles. The van der Waals surface area contributed by atoms with Gasteiger partial charge >= 0.3 is 0 Å². The van der Waals surface area contributed by atoms with E-state index in [-0.39, 0.29) is 11.3 Å². The van der Waals surface area contributed by atoms with Crippen molar-refractivity contribution in [2.75, 3.05) is 22.9 Å². The highest BCUT2D eigenvalue weighted by atomic mass is 32.1. The predicted octanol–water partition coefficient (Wildman–Crippen LogP) is 4.85. The highest BCUT2D eigenvalue weighted by Gasteiger charge is 2.45. The third-order valence-electron chi connectivity index (χ3n) is 6.35. The van der Waals surface area contributed by atoms with E-state index in [4.69, 9.17) is 0 Å². The SMILES string of the molecule is Cc1nc(C)c(C(=O)C2=C(O)C(=O)N(c3ccc(N4CCCC4)cc3)C2c2cccc(O)c2)s1. The van der Waals surface area contributed by atoms with E-state index in [1.165, 1.54) is 28.4 Å². The number of phenols is 1. The molecule has 0 radical (unpaired) electrons. The minimum absolute atomic E-state index is 0.00836. The molecule has 1 fully saturated rings. The van der Waals surface area contributed by atoms with E-state index in [0.29, 0.717) is 21.8 Å². The Morgan fingerprint density at radius 2 is 1.71 bits per heavy atom. The Balaban J connectivity index is 1.60. The summed E-state index contributed by atoms with van der Waals surface area (Å²) < 4.78 is 0. The summed E-state index contributed by atoms with van der Waals surface area (Å²) in [6, 6.07) is 13.1. The monoisotopic (exact) mass is 475 g/mol. The molecule has 2 aliphatic heterocycles. The highest BCUT2D eigenvalue weighted by Crippen LogP contribution is 2.43. The Bertz CT molecular complexity index is 1310. The minimum Gasteiger partial charge on any atom is -0.508 e. The van der Waals surface area contributed by atoms with Gasteiger partial charge in [-0.25, -0.2) is 4.98 Å². The van der Waals surface area contributed by atoms with Crippen LogP contribution in [-0.4, -0.2) is 40.0 Å². The fourth-order valence-corrected chi connectivity index (χ4v) is 5.65. The number of aromatic hydroxyl groups is 1. The van der Waals surface area contributed by atoms with Crippen molar-refractivity contribution < 1.29 is 19.8 Å². The van der Waals surface area contributed by atoms with Crippen LogP contribution in [0.25, 0.3) is 0 Å². The van der Waals surface area contributed by atoms with E-state index in [1.807, 2.05) is 31.2 Å². The second kappa shape index (κ2) is 8.61. The molecular weight excluding hydrogens is 450 g/mol. The lowest BCUT2D eigenvalue weighted by molar-refractivity contribution is -0.117. The number of phenolic OH excluding ortho intramolecular Hbond substituents is 1. The van der Waals surface area contributed by atoms with Gasteiger partial charge in [0.1, 0.15) is 5.75 Å². The Labute approximate surface area is 201 Å². The van der Waals surface area contributed by atoms with Crippen LogP contribution in [0.4, 0.5) is 11.4 Å². The number of carbonyl (C=O) groups excluding carboxylic acids is 2. The molecule has 3 heterocycles. The van der Waals surface area contributed by atoms with Gasteiger partial charge in [-0.05, 0) is 68.7 Å². The van der Waals surface area contributed by atoms with Gasteiger partial charge in [0, 0.05) is 24.5 Å². The number of aromatic nitrogens is 1. The minimum atomic E-state index is -0.883. The van der Waals surface area contributed by atoms with Crippen molar-refractivity contribution in [3.63, 3.8) is 0 Å². The summed E-state index contributed by atoms with van der Waals surface area (Å²) in [6.07, 6.45) is 2.32. The van der Waals surface area contributed by atoms with Crippen molar-refractivity contribution >= 4 is 34.4 Å². The molecule has 5 rings (SSSR count). The Morgan fingerprint density at radius 1 is 1.03 bits per heavy atom. The zero-order valence-electron chi connectivity index (χ0n) is 19.0. The molecule has 0 bridgehead atoms. The molecule has 2 aromatic carbocycles. The first-order valence-electron chi connectivity index (χ1n) is 11.2. The van der Waals surface area contributed by atoms with E-state index in [9.17, 15) is 19.8 Å². The molecular formula is C26H25N3O4S. The first-order chi connectivity index (χ1) is 16.3. The highest BCUT2D eigenvalue weighted by molar-refractivity contribution is 7.14. The maximum Gasteiger partial charge on any atom is 0.294 e. The molecule has 2 aliphatic rings. The van der Waals surface area contributed by atoms with Crippen LogP contribution in [0.3, 0.4) is 0 Å². The molecule has 1 saturated heterocycles. The van der Waals surface area contributed by atoms with Gasteiger partial charge in [0.05, 0.1) is 27.2 Å². The van der Waals surface area contributed by atoms with Crippen molar-refractivity contribution in [3.8, 4) is 5.75 Å². The van der Waals surface area contributed by atoms with E-state index in [1.54, 1.807) is 19.1 Å². The summed E-state index contributed by atoms with van der Waals surface area (Å²) in [5.74, 6) is -1.65. The molecule has 3 aromatic rings. The molecule has 0 aliphatic carbocycles. The predicted molar refractivity (Wildman–Crippen MR) is 132 cm³/mol. The zero-order chi connectivity index (χ0) is 24.0. The third-order valence-corrected chi connectivity index (χ3v) is 7.42. The topological polar surface area (TPSA) is 94.0 Å². The van der Waals surface area contributed by atoms with Crippen LogP contribution < -0.4 is 9.80 Å². The van der Waals surface area contributed by atoms with Crippen LogP contribution in [0.5, 0.6) is 5.75 Å². The molecule has 174 valence electrons. The van der Waals surface area contributed by atoms with E-state index < -0.39 is 23.5 Å². The van der Waals surface area contributed by atoms with E-state index in [0.717, 1.165) is 36.6 Å². The fourth-order valence-electron chi connectivity index (χ4n) is 4.78. The van der Waals surface area contributed by atoms with Crippen LogP contribution >= 0.6 is 11.3 Å². The number of carbonyl (C=O) groups is 2. The summed E-state index contributed by atoms with van der Waals surface area (Å²) in [6.45, 7) is 5.55. The smallest absolute Gasteiger partial charge is 0.294 e. The average molecular weight is 476 g/mol. The van der Waals surface area contributed by atoms with Gasteiger partial charge in [0.25, 0.3) is 5.91 Å². The third kappa shape index (κ3) is 3.74. The summed E-state index contributed by atoms with van der Waals surface area (Å²) in [7, 11) is 0. The molecule has 7 nitrogen and oxygen atoms in total. The van der Waals surface area contributed by atoms with Crippen molar-refractivity contribution in [2.24, 2.45) is 0 Å². The summed E-state index contributed by atoms with van der Waals surface area (Å²) in [5.41, 5.74) is 2.72. The van der Waals surface area contributed by atoms with Crippen molar-refractivity contribution in [1.29, 1.82) is 0 Å². The van der Waals surface area contributed by atoms with Crippen molar-refractivity contribution in [2.45, 2.75) is 32.7 Å². The number of thiazole rings is 1. The number of amides is 1. The van der Waals surface area contributed by atoms with Crippen LogP contribution in [0.1, 0.15) is 44.8 Å². The first kappa shape index (κ1) is 22.2. The zero-order valence-corrected chi connectivity index (χ0v) is 19.8.